The minimum absolute atomic E-state index is 0.120. The third-order valence-electron chi connectivity index (χ3n) is 5.44. The summed E-state index contributed by atoms with van der Waals surface area (Å²) in [7, 11) is 4.52. The Hall–Kier alpha value is -4.34. The molecule has 0 bridgehead atoms. The molecule has 0 aliphatic rings. The van der Waals surface area contributed by atoms with Gasteiger partial charge in [-0.3, -0.25) is 0 Å². The molecule has 0 saturated heterocycles. The van der Waals surface area contributed by atoms with E-state index in [-0.39, 0.29) is 24.2 Å². The largest absolute Gasteiger partial charge is 0.493 e. The van der Waals surface area contributed by atoms with Crippen LogP contribution < -0.4 is 14.2 Å². The van der Waals surface area contributed by atoms with E-state index in [2.05, 4.69) is 10.2 Å². The van der Waals surface area contributed by atoms with Gasteiger partial charge in [-0.1, -0.05) is 0 Å². The summed E-state index contributed by atoms with van der Waals surface area (Å²) in [6.07, 6.45) is 0. The van der Waals surface area contributed by atoms with Crippen molar-refractivity contribution in [1.29, 1.82) is 0 Å². The zero-order valence-electron chi connectivity index (χ0n) is 19.9. The molecule has 9 nitrogen and oxygen atoms in total. The predicted octanol–water partition coefficient (Wildman–Crippen LogP) is 4.67. The predicted molar refractivity (Wildman–Crippen MR) is 124 cm³/mol. The lowest BCUT2D eigenvalue weighted by molar-refractivity contribution is 0.0438. The van der Waals surface area contributed by atoms with E-state index < -0.39 is 5.97 Å². The number of carbonyl (C=O) groups is 1. The molecule has 2 heterocycles. The molecule has 0 atom stereocenters. The number of nitrogens with zero attached hydrogens (tertiary/aromatic N) is 3. The van der Waals surface area contributed by atoms with Crippen LogP contribution in [0, 0.1) is 19.7 Å². The number of aryl methyl sites for hydroxylation is 1. The van der Waals surface area contributed by atoms with Crippen LogP contribution in [0.1, 0.15) is 27.6 Å². The molecule has 4 aromatic rings. The summed E-state index contributed by atoms with van der Waals surface area (Å²) in [6.45, 7) is 3.44. The third kappa shape index (κ3) is 4.68. The topological polar surface area (TPSA) is 97.8 Å². The zero-order valence-corrected chi connectivity index (χ0v) is 19.9. The number of aromatic nitrogens is 3. The number of ether oxygens (including phenoxy) is 4. The zero-order chi connectivity index (χ0) is 25.1. The normalized spacial score (nSPS) is 10.8. The van der Waals surface area contributed by atoms with Crippen LogP contribution >= 0.6 is 0 Å². The number of hydrogen-bond acceptors (Lipinski definition) is 8. The lowest BCUT2D eigenvalue weighted by Gasteiger charge is -2.12. The van der Waals surface area contributed by atoms with Crippen molar-refractivity contribution in [3.8, 4) is 34.4 Å². The molecular weight excluding hydrogens is 457 g/mol. The fourth-order valence-corrected chi connectivity index (χ4v) is 3.80. The van der Waals surface area contributed by atoms with Gasteiger partial charge in [-0.15, -0.1) is 10.2 Å². The molecule has 10 heteroatoms. The highest BCUT2D eigenvalue weighted by molar-refractivity contribution is 5.91. The van der Waals surface area contributed by atoms with Crippen LogP contribution in [0.15, 0.2) is 46.9 Å². The van der Waals surface area contributed by atoms with E-state index in [4.69, 9.17) is 23.4 Å². The summed E-state index contributed by atoms with van der Waals surface area (Å²) < 4.78 is 42.3. The average Bonchev–Trinajstić information content (AvgIpc) is 3.46. The lowest BCUT2D eigenvalue weighted by Crippen LogP contribution is -2.07. The van der Waals surface area contributed by atoms with Gasteiger partial charge in [0.25, 0.3) is 5.89 Å². The molecule has 0 amide bonds. The Kier molecular flexibility index (Phi) is 6.72. The monoisotopic (exact) mass is 481 g/mol. The standard InChI is InChI=1S/C25H24FN3O6/c1-14-10-19(15(2)29(14)18-8-6-17(26)7-9-18)25(30)34-13-22-27-28-24(35-22)16-11-20(31-3)23(33-5)21(12-16)32-4/h6-12H,13H2,1-5H3. The summed E-state index contributed by atoms with van der Waals surface area (Å²) in [4.78, 5) is 12.8. The van der Waals surface area contributed by atoms with Gasteiger partial charge in [0.15, 0.2) is 18.1 Å². The molecule has 182 valence electrons. The van der Waals surface area contributed by atoms with Crippen molar-refractivity contribution in [3.05, 3.63) is 71.1 Å². The van der Waals surface area contributed by atoms with E-state index in [9.17, 15) is 9.18 Å². The SMILES string of the molecule is COc1cc(-c2nnc(COC(=O)c3cc(C)n(-c4ccc(F)cc4)c3C)o2)cc(OC)c1OC. The van der Waals surface area contributed by atoms with E-state index in [0.717, 1.165) is 11.4 Å². The molecule has 0 spiro atoms. The van der Waals surface area contributed by atoms with Crippen LogP contribution in [-0.2, 0) is 11.3 Å². The van der Waals surface area contributed by atoms with Gasteiger partial charge in [0, 0.05) is 22.6 Å². The van der Waals surface area contributed by atoms with Crippen molar-refractivity contribution in [2.24, 2.45) is 0 Å². The van der Waals surface area contributed by atoms with Crippen LogP contribution in [0.4, 0.5) is 4.39 Å². The molecule has 0 saturated carbocycles. The fourth-order valence-electron chi connectivity index (χ4n) is 3.80. The number of carbonyl (C=O) groups excluding carboxylic acids is 1. The van der Waals surface area contributed by atoms with Crippen molar-refractivity contribution in [3.63, 3.8) is 0 Å². The van der Waals surface area contributed by atoms with Crippen LogP contribution in [0.25, 0.3) is 17.1 Å². The molecule has 0 N–H and O–H groups in total. The molecule has 0 unspecified atom stereocenters. The minimum Gasteiger partial charge on any atom is -0.493 e. The second-order valence-electron chi connectivity index (χ2n) is 7.59. The molecule has 2 aromatic carbocycles. The Balaban J connectivity index is 1.51. The minimum atomic E-state index is -0.543. The number of hydrogen-bond donors (Lipinski definition) is 0. The van der Waals surface area contributed by atoms with E-state index in [1.165, 1.54) is 33.5 Å². The van der Waals surface area contributed by atoms with Gasteiger partial charge >= 0.3 is 5.97 Å². The highest BCUT2D eigenvalue weighted by Crippen LogP contribution is 2.40. The van der Waals surface area contributed by atoms with Crippen LogP contribution in [0.3, 0.4) is 0 Å². The van der Waals surface area contributed by atoms with Gasteiger partial charge in [-0.25, -0.2) is 9.18 Å². The maximum absolute atomic E-state index is 13.3. The number of esters is 1. The Labute approximate surface area is 201 Å². The second-order valence-corrected chi connectivity index (χ2v) is 7.59. The third-order valence-corrected chi connectivity index (χ3v) is 5.44. The van der Waals surface area contributed by atoms with Gasteiger partial charge in [-0.05, 0) is 56.3 Å². The molecule has 2 aromatic heterocycles. The summed E-state index contributed by atoms with van der Waals surface area (Å²) in [6, 6.07) is 11.1. The molecular formula is C25H24FN3O6. The number of methoxy groups -OCH3 is 3. The summed E-state index contributed by atoms with van der Waals surface area (Å²) in [5.41, 5.74) is 3.15. The number of halogens is 1. The van der Waals surface area contributed by atoms with Crippen molar-refractivity contribution < 1.29 is 32.5 Å². The van der Waals surface area contributed by atoms with Crippen molar-refractivity contribution in [1.82, 2.24) is 14.8 Å². The second kappa shape index (κ2) is 9.88. The summed E-state index contributed by atoms with van der Waals surface area (Å²) in [5, 5.41) is 8.00. The van der Waals surface area contributed by atoms with E-state index >= 15 is 0 Å². The number of rotatable bonds is 8. The maximum Gasteiger partial charge on any atom is 0.340 e. The van der Waals surface area contributed by atoms with Crippen LogP contribution in [-0.4, -0.2) is 42.1 Å². The Morgan fingerprint density at radius 3 is 2.23 bits per heavy atom. The quantitative estimate of drug-likeness (QED) is 0.335. The Morgan fingerprint density at radius 1 is 0.971 bits per heavy atom. The highest BCUT2D eigenvalue weighted by Gasteiger charge is 2.21. The first-order valence-electron chi connectivity index (χ1n) is 10.6. The molecule has 0 aliphatic heterocycles. The molecule has 35 heavy (non-hydrogen) atoms. The molecule has 0 aliphatic carbocycles. The lowest BCUT2D eigenvalue weighted by atomic mass is 10.2. The van der Waals surface area contributed by atoms with Crippen LogP contribution in [0.5, 0.6) is 17.2 Å². The maximum atomic E-state index is 13.3. The first kappa shape index (κ1) is 23.8. The Morgan fingerprint density at radius 2 is 1.63 bits per heavy atom. The van der Waals surface area contributed by atoms with E-state index in [0.29, 0.717) is 34.1 Å². The van der Waals surface area contributed by atoms with Crippen LogP contribution in [0.2, 0.25) is 0 Å². The van der Waals surface area contributed by atoms with Gasteiger partial charge in [0.05, 0.1) is 26.9 Å². The average molecular weight is 481 g/mol. The fraction of sp³-hybridized carbons (Fsp3) is 0.240. The van der Waals surface area contributed by atoms with E-state index in [1.54, 1.807) is 37.3 Å². The van der Waals surface area contributed by atoms with Gasteiger partial charge in [-0.2, -0.15) is 0 Å². The first-order valence-corrected chi connectivity index (χ1v) is 10.6. The van der Waals surface area contributed by atoms with Crippen molar-refractivity contribution in [2.75, 3.05) is 21.3 Å². The van der Waals surface area contributed by atoms with E-state index in [1.807, 2.05) is 11.5 Å². The van der Waals surface area contributed by atoms with Crippen molar-refractivity contribution >= 4 is 5.97 Å². The van der Waals surface area contributed by atoms with Gasteiger partial charge in [0.2, 0.25) is 11.6 Å². The van der Waals surface area contributed by atoms with Gasteiger partial charge < -0.3 is 27.9 Å². The first-order chi connectivity index (χ1) is 16.9. The van der Waals surface area contributed by atoms with Gasteiger partial charge in [0.1, 0.15) is 5.82 Å². The van der Waals surface area contributed by atoms with Crippen molar-refractivity contribution in [2.45, 2.75) is 20.5 Å². The molecule has 0 radical (unpaired) electrons. The smallest absolute Gasteiger partial charge is 0.340 e. The number of benzene rings is 2. The molecule has 4 rings (SSSR count). The Bertz CT molecular complexity index is 1340. The highest BCUT2D eigenvalue weighted by atomic mass is 19.1. The summed E-state index contributed by atoms with van der Waals surface area (Å²) >= 11 is 0. The summed E-state index contributed by atoms with van der Waals surface area (Å²) in [5.74, 6) is 0.749. The molecule has 0 fully saturated rings.